The van der Waals surface area contributed by atoms with Gasteiger partial charge < -0.3 is 10.6 Å². The maximum atomic E-state index is 12.7. The molecule has 0 radical (unpaired) electrons. The fraction of sp³-hybridized carbons (Fsp3) is 0.400. The highest BCUT2D eigenvalue weighted by Crippen LogP contribution is 2.30. The molecule has 0 aliphatic carbocycles. The molecule has 1 amide bonds. The zero-order chi connectivity index (χ0) is 15.6. The summed E-state index contributed by atoms with van der Waals surface area (Å²) < 4.78 is 38.0. The fourth-order valence-electron chi connectivity index (χ4n) is 2.29. The van der Waals surface area contributed by atoms with Crippen LogP contribution in [-0.4, -0.2) is 29.9 Å². The highest BCUT2D eigenvalue weighted by Gasteiger charge is 2.30. The summed E-state index contributed by atoms with van der Waals surface area (Å²) in [6, 6.07) is 4.94. The SMILES string of the molecule is CC(=CC(=O)N1CC[C@H](N)C1)c1cccc(C(F)(F)F)c1. The third-order valence-electron chi connectivity index (χ3n) is 3.52. The molecule has 2 rings (SSSR count). The molecule has 1 aliphatic rings. The molecular weight excluding hydrogens is 281 g/mol. The van der Waals surface area contributed by atoms with Crippen molar-refractivity contribution in [3.63, 3.8) is 0 Å². The van der Waals surface area contributed by atoms with Crippen LogP contribution in [0.4, 0.5) is 13.2 Å². The number of amides is 1. The van der Waals surface area contributed by atoms with Gasteiger partial charge in [-0.05, 0) is 36.6 Å². The molecule has 1 saturated heterocycles. The topological polar surface area (TPSA) is 46.3 Å². The second-order valence-corrected chi connectivity index (χ2v) is 5.24. The highest BCUT2D eigenvalue weighted by atomic mass is 19.4. The van der Waals surface area contributed by atoms with Crippen molar-refractivity contribution in [3.05, 3.63) is 41.5 Å². The smallest absolute Gasteiger partial charge is 0.338 e. The molecule has 0 spiro atoms. The van der Waals surface area contributed by atoms with Crippen LogP contribution >= 0.6 is 0 Å². The summed E-state index contributed by atoms with van der Waals surface area (Å²) in [5.41, 5.74) is 5.91. The molecule has 0 aromatic heterocycles. The van der Waals surface area contributed by atoms with Gasteiger partial charge in [0, 0.05) is 25.2 Å². The monoisotopic (exact) mass is 298 g/mol. The minimum absolute atomic E-state index is 0.0174. The summed E-state index contributed by atoms with van der Waals surface area (Å²) in [4.78, 5) is 13.6. The van der Waals surface area contributed by atoms with E-state index in [0.717, 1.165) is 18.6 Å². The molecule has 1 fully saturated rings. The molecule has 1 atom stereocenters. The van der Waals surface area contributed by atoms with Crippen LogP contribution in [0.3, 0.4) is 0 Å². The van der Waals surface area contributed by atoms with E-state index in [0.29, 0.717) is 24.2 Å². The number of carbonyl (C=O) groups is 1. The van der Waals surface area contributed by atoms with Gasteiger partial charge in [-0.3, -0.25) is 4.79 Å². The second kappa shape index (κ2) is 5.89. The number of likely N-dealkylation sites (tertiary alicyclic amines) is 1. The van der Waals surface area contributed by atoms with E-state index >= 15 is 0 Å². The number of halogens is 3. The molecule has 114 valence electrons. The first kappa shape index (κ1) is 15.6. The quantitative estimate of drug-likeness (QED) is 0.853. The van der Waals surface area contributed by atoms with Crippen molar-refractivity contribution in [1.82, 2.24) is 4.90 Å². The number of hydrogen-bond donors (Lipinski definition) is 1. The lowest BCUT2D eigenvalue weighted by molar-refractivity contribution is -0.137. The summed E-state index contributed by atoms with van der Waals surface area (Å²) in [5, 5.41) is 0. The van der Waals surface area contributed by atoms with Gasteiger partial charge in [0.1, 0.15) is 0 Å². The van der Waals surface area contributed by atoms with Gasteiger partial charge in [0.2, 0.25) is 5.91 Å². The van der Waals surface area contributed by atoms with E-state index in [2.05, 4.69) is 0 Å². The van der Waals surface area contributed by atoms with Crippen LogP contribution < -0.4 is 5.73 Å². The lowest BCUT2D eigenvalue weighted by Crippen LogP contribution is -2.30. The van der Waals surface area contributed by atoms with Gasteiger partial charge in [-0.25, -0.2) is 0 Å². The van der Waals surface area contributed by atoms with Crippen molar-refractivity contribution in [3.8, 4) is 0 Å². The lowest BCUT2D eigenvalue weighted by Gasteiger charge is -2.14. The van der Waals surface area contributed by atoms with Gasteiger partial charge in [-0.2, -0.15) is 13.2 Å². The Balaban J connectivity index is 2.17. The van der Waals surface area contributed by atoms with Crippen LogP contribution in [0.1, 0.15) is 24.5 Å². The van der Waals surface area contributed by atoms with E-state index in [1.54, 1.807) is 17.9 Å². The van der Waals surface area contributed by atoms with Crippen LogP contribution in [-0.2, 0) is 11.0 Å². The van der Waals surface area contributed by atoms with Crippen molar-refractivity contribution in [2.45, 2.75) is 25.6 Å². The van der Waals surface area contributed by atoms with Crippen LogP contribution in [0, 0.1) is 0 Å². The highest BCUT2D eigenvalue weighted by molar-refractivity contribution is 5.95. The predicted molar refractivity (Wildman–Crippen MR) is 74.3 cm³/mol. The van der Waals surface area contributed by atoms with E-state index in [1.807, 2.05) is 0 Å². The first-order valence-corrected chi connectivity index (χ1v) is 6.68. The van der Waals surface area contributed by atoms with Gasteiger partial charge in [0.15, 0.2) is 0 Å². The van der Waals surface area contributed by atoms with Crippen LogP contribution in [0.15, 0.2) is 30.3 Å². The van der Waals surface area contributed by atoms with Crippen molar-refractivity contribution >= 4 is 11.5 Å². The summed E-state index contributed by atoms with van der Waals surface area (Å²) >= 11 is 0. The number of alkyl halides is 3. The number of carbonyl (C=O) groups excluding carboxylic acids is 1. The van der Waals surface area contributed by atoms with Gasteiger partial charge >= 0.3 is 6.18 Å². The van der Waals surface area contributed by atoms with Crippen molar-refractivity contribution in [1.29, 1.82) is 0 Å². The first-order chi connectivity index (χ1) is 9.77. The molecule has 3 nitrogen and oxygen atoms in total. The summed E-state index contributed by atoms with van der Waals surface area (Å²) in [6.45, 7) is 2.71. The summed E-state index contributed by atoms with van der Waals surface area (Å²) in [7, 11) is 0. The average Bonchev–Trinajstić information content (AvgIpc) is 2.84. The molecule has 0 unspecified atom stereocenters. The molecule has 1 aromatic carbocycles. The minimum Gasteiger partial charge on any atom is -0.338 e. The van der Waals surface area contributed by atoms with Gasteiger partial charge in [0.25, 0.3) is 0 Å². The van der Waals surface area contributed by atoms with Gasteiger partial charge in [-0.1, -0.05) is 12.1 Å². The number of allylic oxidation sites excluding steroid dienone is 1. The Morgan fingerprint density at radius 1 is 1.43 bits per heavy atom. The zero-order valence-electron chi connectivity index (χ0n) is 11.7. The van der Waals surface area contributed by atoms with Crippen LogP contribution in [0.25, 0.3) is 5.57 Å². The zero-order valence-corrected chi connectivity index (χ0v) is 11.7. The molecule has 1 aromatic rings. The Kier molecular flexibility index (Phi) is 4.37. The van der Waals surface area contributed by atoms with Crippen LogP contribution in [0.5, 0.6) is 0 Å². The standard InChI is InChI=1S/C15H17F3N2O/c1-10(7-14(21)20-6-5-13(19)9-20)11-3-2-4-12(8-11)15(16,17)18/h2-4,7-8,13H,5-6,9,19H2,1H3/t13-/m0/s1. The number of rotatable bonds is 2. The first-order valence-electron chi connectivity index (χ1n) is 6.68. The Labute approximate surface area is 121 Å². The number of benzene rings is 1. The summed E-state index contributed by atoms with van der Waals surface area (Å²) in [6.07, 6.45) is -2.27. The number of nitrogens with two attached hydrogens (primary N) is 1. The largest absolute Gasteiger partial charge is 0.416 e. The molecule has 6 heteroatoms. The molecular formula is C15H17F3N2O. The van der Waals surface area contributed by atoms with E-state index < -0.39 is 11.7 Å². The minimum atomic E-state index is -4.39. The maximum absolute atomic E-state index is 12.7. The second-order valence-electron chi connectivity index (χ2n) is 5.24. The van der Waals surface area contributed by atoms with E-state index in [4.69, 9.17) is 5.73 Å². The van der Waals surface area contributed by atoms with Gasteiger partial charge in [-0.15, -0.1) is 0 Å². The Bertz CT molecular complexity index is 566. The fourth-order valence-corrected chi connectivity index (χ4v) is 2.29. The average molecular weight is 298 g/mol. The number of hydrogen-bond acceptors (Lipinski definition) is 2. The van der Waals surface area contributed by atoms with Crippen molar-refractivity contribution < 1.29 is 18.0 Å². The molecule has 1 aliphatic heterocycles. The molecule has 0 bridgehead atoms. The van der Waals surface area contributed by atoms with Gasteiger partial charge in [0.05, 0.1) is 5.56 Å². The lowest BCUT2D eigenvalue weighted by atomic mass is 10.0. The Hall–Kier alpha value is -1.82. The molecule has 21 heavy (non-hydrogen) atoms. The van der Waals surface area contributed by atoms with Crippen molar-refractivity contribution in [2.24, 2.45) is 5.73 Å². The van der Waals surface area contributed by atoms with Crippen molar-refractivity contribution in [2.75, 3.05) is 13.1 Å². The normalized spacial score (nSPS) is 20.0. The van der Waals surface area contributed by atoms with E-state index in [1.165, 1.54) is 12.1 Å². The Morgan fingerprint density at radius 2 is 2.14 bits per heavy atom. The van der Waals surface area contributed by atoms with Crippen LogP contribution in [0.2, 0.25) is 0 Å². The molecule has 0 saturated carbocycles. The summed E-state index contributed by atoms with van der Waals surface area (Å²) in [5.74, 6) is -0.210. The predicted octanol–water partition coefficient (Wildman–Crippen LogP) is 2.67. The van der Waals surface area contributed by atoms with E-state index in [9.17, 15) is 18.0 Å². The van der Waals surface area contributed by atoms with E-state index in [-0.39, 0.29) is 11.9 Å². The third-order valence-corrected chi connectivity index (χ3v) is 3.52. The number of nitrogens with zero attached hydrogens (tertiary/aromatic N) is 1. The molecule has 2 N–H and O–H groups in total. The maximum Gasteiger partial charge on any atom is 0.416 e. The molecule has 1 heterocycles. The Morgan fingerprint density at radius 3 is 2.71 bits per heavy atom. The third kappa shape index (κ3) is 3.85.